The fraction of sp³-hybridized carbons (Fsp3) is 0.231. The number of aromatic nitrogens is 1. The molecule has 88 valence electrons. The molecule has 0 spiro atoms. The van der Waals surface area contributed by atoms with E-state index in [1.807, 2.05) is 31.2 Å². The quantitative estimate of drug-likeness (QED) is 0.762. The summed E-state index contributed by atoms with van der Waals surface area (Å²) in [5.74, 6) is 0.397. The van der Waals surface area contributed by atoms with Gasteiger partial charge in [0.15, 0.2) is 11.5 Å². The summed E-state index contributed by atoms with van der Waals surface area (Å²) < 4.78 is 9.96. The van der Waals surface area contributed by atoms with Crippen LogP contribution in [0.5, 0.6) is 0 Å². The molecular formula is C13H13NO3. The predicted octanol–water partition coefficient (Wildman–Crippen LogP) is 2.71. The maximum atomic E-state index is 10.9. The minimum Gasteiger partial charge on any atom is -0.469 e. The molecule has 0 bridgehead atoms. The van der Waals surface area contributed by atoms with Gasteiger partial charge in [0.2, 0.25) is 0 Å². The van der Waals surface area contributed by atoms with E-state index < -0.39 is 0 Å². The lowest BCUT2D eigenvalue weighted by Crippen LogP contribution is -1.96. The first-order valence-corrected chi connectivity index (χ1v) is 5.29. The van der Waals surface area contributed by atoms with Crippen LogP contribution in [0.25, 0.3) is 17.2 Å². The molecule has 17 heavy (non-hydrogen) atoms. The minimum absolute atomic E-state index is 0.252. The summed E-state index contributed by atoms with van der Waals surface area (Å²) in [5, 5.41) is 0. The van der Waals surface area contributed by atoms with Crippen LogP contribution in [0.3, 0.4) is 0 Å². The zero-order valence-corrected chi connectivity index (χ0v) is 9.77. The Balaban J connectivity index is 2.16. The SMILES string of the molecule is COC(=O)CC=Cc1ccc2nc(C)oc2c1. The second kappa shape index (κ2) is 4.82. The summed E-state index contributed by atoms with van der Waals surface area (Å²) in [6, 6.07) is 5.71. The third-order valence-corrected chi connectivity index (χ3v) is 2.34. The molecule has 0 aliphatic heterocycles. The number of hydrogen-bond donors (Lipinski definition) is 0. The van der Waals surface area contributed by atoms with Crippen molar-refractivity contribution in [3.63, 3.8) is 0 Å². The Bertz CT molecular complexity index is 569. The van der Waals surface area contributed by atoms with Gasteiger partial charge in [-0.2, -0.15) is 0 Å². The van der Waals surface area contributed by atoms with Crippen LogP contribution in [-0.4, -0.2) is 18.1 Å². The van der Waals surface area contributed by atoms with Crippen LogP contribution in [0.1, 0.15) is 17.9 Å². The number of esters is 1. The number of aryl methyl sites for hydroxylation is 1. The molecule has 2 rings (SSSR count). The number of ether oxygens (including phenoxy) is 1. The molecule has 0 radical (unpaired) electrons. The number of hydrogen-bond acceptors (Lipinski definition) is 4. The van der Waals surface area contributed by atoms with Crippen LogP contribution in [-0.2, 0) is 9.53 Å². The van der Waals surface area contributed by atoms with Crippen LogP contribution >= 0.6 is 0 Å². The van der Waals surface area contributed by atoms with Crippen molar-refractivity contribution in [1.29, 1.82) is 0 Å². The molecule has 0 amide bonds. The number of carbonyl (C=O) groups is 1. The summed E-state index contributed by atoms with van der Waals surface area (Å²) >= 11 is 0. The van der Waals surface area contributed by atoms with Gasteiger partial charge in [-0.25, -0.2) is 4.98 Å². The molecule has 0 saturated carbocycles. The largest absolute Gasteiger partial charge is 0.469 e. The lowest BCUT2D eigenvalue weighted by Gasteiger charge is -1.94. The molecule has 0 atom stereocenters. The first-order valence-electron chi connectivity index (χ1n) is 5.29. The molecule has 0 aliphatic carbocycles. The topological polar surface area (TPSA) is 52.3 Å². The van der Waals surface area contributed by atoms with Crippen LogP contribution in [0.4, 0.5) is 0 Å². The van der Waals surface area contributed by atoms with Crippen molar-refractivity contribution in [1.82, 2.24) is 4.98 Å². The van der Waals surface area contributed by atoms with Crippen molar-refractivity contribution in [3.05, 3.63) is 35.7 Å². The molecular weight excluding hydrogens is 218 g/mol. The molecule has 0 aliphatic rings. The average Bonchev–Trinajstić information content (AvgIpc) is 2.68. The van der Waals surface area contributed by atoms with Gasteiger partial charge in [-0.05, 0) is 17.7 Å². The lowest BCUT2D eigenvalue weighted by atomic mass is 10.2. The van der Waals surface area contributed by atoms with Gasteiger partial charge in [-0.3, -0.25) is 4.79 Å². The van der Waals surface area contributed by atoms with Crippen molar-refractivity contribution in [2.75, 3.05) is 7.11 Å². The normalized spacial score (nSPS) is 11.2. The maximum absolute atomic E-state index is 10.9. The van der Waals surface area contributed by atoms with E-state index in [0.717, 1.165) is 16.7 Å². The van der Waals surface area contributed by atoms with Crippen LogP contribution < -0.4 is 0 Å². The van der Waals surface area contributed by atoms with E-state index in [1.54, 1.807) is 6.08 Å². The number of fused-ring (bicyclic) bond motifs is 1. The summed E-state index contributed by atoms with van der Waals surface area (Å²) in [4.78, 5) is 15.1. The van der Waals surface area contributed by atoms with Gasteiger partial charge in [0, 0.05) is 6.92 Å². The highest BCUT2D eigenvalue weighted by molar-refractivity contribution is 5.77. The van der Waals surface area contributed by atoms with E-state index >= 15 is 0 Å². The Morgan fingerprint density at radius 1 is 1.53 bits per heavy atom. The Hall–Kier alpha value is -2.10. The smallest absolute Gasteiger partial charge is 0.309 e. The van der Waals surface area contributed by atoms with Crippen LogP contribution in [0.2, 0.25) is 0 Å². The Morgan fingerprint density at radius 2 is 2.35 bits per heavy atom. The predicted molar refractivity (Wildman–Crippen MR) is 64.4 cm³/mol. The van der Waals surface area contributed by atoms with Crippen molar-refractivity contribution >= 4 is 23.1 Å². The number of nitrogens with zero attached hydrogens (tertiary/aromatic N) is 1. The monoisotopic (exact) mass is 231 g/mol. The van der Waals surface area contributed by atoms with E-state index in [2.05, 4.69) is 9.72 Å². The second-order valence-electron chi connectivity index (χ2n) is 3.64. The number of oxazole rings is 1. The Labute approximate surface area is 98.9 Å². The van der Waals surface area contributed by atoms with Crippen molar-refractivity contribution < 1.29 is 13.9 Å². The van der Waals surface area contributed by atoms with Gasteiger partial charge in [0.05, 0.1) is 13.5 Å². The van der Waals surface area contributed by atoms with E-state index in [-0.39, 0.29) is 12.4 Å². The zero-order valence-electron chi connectivity index (χ0n) is 9.77. The lowest BCUT2D eigenvalue weighted by molar-refractivity contribution is -0.139. The van der Waals surface area contributed by atoms with E-state index in [9.17, 15) is 4.79 Å². The Morgan fingerprint density at radius 3 is 3.12 bits per heavy atom. The molecule has 4 heteroatoms. The molecule has 1 heterocycles. The summed E-state index contributed by atoms with van der Waals surface area (Å²) in [7, 11) is 1.37. The molecule has 0 fully saturated rings. The third-order valence-electron chi connectivity index (χ3n) is 2.34. The fourth-order valence-corrected chi connectivity index (χ4v) is 1.53. The van der Waals surface area contributed by atoms with Gasteiger partial charge in [-0.15, -0.1) is 0 Å². The van der Waals surface area contributed by atoms with Crippen LogP contribution in [0, 0.1) is 6.92 Å². The number of methoxy groups -OCH3 is 1. The van der Waals surface area contributed by atoms with Crippen molar-refractivity contribution in [2.24, 2.45) is 0 Å². The van der Waals surface area contributed by atoms with Crippen molar-refractivity contribution in [2.45, 2.75) is 13.3 Å². The van der Waals surface area contributed by atoms with E-state index in [0.29, 0.717) is 5.89 Å². The average molecular weight is 231 g/mol. The highest BCUT2D eigenvalue weighted by atomic mass is 16.5. The molecule has 1 aromatic carbocycles. The number of benzene rings is 1. The minimum atomic E-state index is -0.252. The highest BCUT2D eigenvalue weighted by Gasteiger charge is 2.01. The summed E-state index contributed by atoms with van der Waals surface area (Å²) in [5.41, 5.74) is 2.56. The summed E-state index contributed by atoms with van der Waals surface area (Å²) in [6.45, 7) is 1.81. The van der Waals surface area contributed by atoms with Gasteiger partial charge in [0.1, 0.15) is 5.52 Å². The van der Waals surface area contributed by atoms with Gasteiger partial charge >= 0.3 is 5.97 Å². The highest BCUT2D eigenvalue weighted by Crippen LogP contribution is 2.17. The second-order valence-corrected chi connectivity index (χ2v) is 3.64. The molecule has 1 aromatic heterocycles. The molecule has 4 nitrogen and oxygen atoms in total. The van der Waals surface area contributed by atoms with Gasteiger partial charge in [-0.1, -0.05) is 18.2 Å². The van der Waals surface area contributed by atoms with E-state index in [1.165, 1.54) is 7.11 Å². The molecule has 0 N–H and O–H groups in total. The van der Waals surface area contributed by atoms with E-state index in [4.69, 9.17) is 4.42 Å². The molecule has 0 saturated heterocycles. The van der Waals surface area contributed by atoms with Gasteiger partial charge in [0.25, 0.3) is 0 Å². The summed E-state index contributed by atoms with van der Waals surface area (Å²) in [6.07, 6.45) is 3.88. The van der Waals surface area contributed by atoms with Crippen molar-refractivity contribution in [3.8, 4) is 0 Å². The Kier molecular flexibility index (Phi) is 3.23. The third kappa shape index (κ3) is 2.72. The first kappa shape index (κ1) is 11.4. The van der Waals surface area contributed by atoms with Gasteiger partial charge < -0.3 is 9.15 Å². The number of rotatable bonds is 3. The zero-order chi connectivity index (χ0) is 12.3. The first-order chi connectivity index (χ1) is 8.19. The maximum Gasteiger partial charge on any atom is 0.309 e. The molecule has 0 unspecified atom stereocenters. The fourth-order valence-electron chi connectivity index (χ4n) is 1.53. The number of carbonyl (C=O) groups excluding carboxylic acids is 1. The standard InChI is InChI=1S/C13H13NO3/c1-9-14-11-7-6-10(8-12(11)17-9)4-3-5-13(15)16-2/h3-4,6-8H,5H2,1-2H3. The van der Waals surface area contributed by atoms with Crippen LogP contribution in [0.15, 0.2) is 28.7 Å². The molecule has 2 aromatic rings.